The van der Waals surface area contributed by atoms with Crippen molar-refractivity contribution < 1.29 is 9.15 Å². The average molecular weight is 289 g/mol. The smallest absolute Gasteiger partial charge is 0.397 e. The monoisotopic (exact) mass is 289 g/mol. The van der Waals surface area contributed by atoms with Crippen LogP contribution in [0.4, 0.5) is 0 Å². The SMILES string of the molecule is CCCCCOc1nc2cccc(C(C)(C)C)c2c(=O)o1. The van der Waals surface area contributed by atoms with E-state index >= 15 is 0 Å². The summed E-state index contributed by atoms with van der Waals surface area (Å²) in [6.45, 7) is 8.85. The van der Waals surface area contributed by atoms with E-state index in [2.05, 4.69) is 32.7 Å². The third kappa shape index (κ3) is 3.63. The summed E-state index contributed by atoms with van der Waals surface area (Å²) in [7, 11) is 0. The number of hydrogen-bond acceptors (Lipinski definition) is 4. The van der Waals surface area contributed by atoms with Crippen molar-refractivity contribution in [2.75, 3.05) is 6.61 Å². The molecule has 4 heteroatoms. The average Bonchev–Trinajstić information content (AvgIpc) is 2.42. The number of rotatable bonds is 5. The Morgan fingerprint density at radius 1 is 1.24 bits per heavy atom. The van der Waals surface area contributed by atoms with Gasteiger partial charge in [0.2, 0.25) is 0 Å². The second-order valence-electron chi connectivity index (χ2n) is 6.27. The summed E-state index contributed by atoms with van der Waals surface area (Å²) in [6.07, 6.45) is 3.20. The minimum absolute atomic E-state index is 0.0645. The van der Waals surface area contributed by atoms with Crippen molar-refractivity contribution in [3.63, 3.8) is 0 Å². The minimum Gasteiger partial charge on any atom is -0.450 e. The Hall–Kier alpha value is -1.84. The zero-order chi connectivity index (χ0) is 15.5. The van der Waals surface area contributed by atoms with Crippen LogP contribution >= 0.6 is 0 Å². The van der Waals surface area contributed by atoms with Crippen molar-refractivity contribution >= 4 is 10.9 Å². The first kappa shape index (κ1) is 15.5. The van der Waals surface area contributed by atoms with Crippen LogP contribution in [0.25, 0.3) is 10.9 Å². The van der Waals surface area contributed by atoms with Gasteiger partial charge in [0.25, 0.3) is 0 Å². The molecule has 21 heavy (non-hydrogen) atoms. The van der Waals surface area contributed by atoms with Crippen LogP contribution in [-0.2, 0) is 5.41 Å². The third-order valence-electron chi connectivity index (χ3n) is 3.42. The predicted octanol–water partition coefficient (Wildman–Crippen LogP) is 4.05. The maximum atomic E-state index is 12.3. The van der Waals surface area contributed by atoms with E-state index in [9.17, 15) is 4.79 Å². The Bertz CT molecular complexity index is 668. The molecule has 2 aromatic rings. The standard InChI is InChI=1S/C17H23NO3/c1-5-6-7-11-20-16-18-13-10-8-9-12(17(2,3)4)14(13)15(19)21-16/h8-10H,5-7,11H2,1-4H3. The van der Waals surface area contributed by atoms with Gasteiger partial charge in [0.1, 0.15) is 0 Å². The highest BCUT2D eigenvalue weighted by Crippen LogP contribution is 2.28. The number of benzene rings is 1. The molecule has 0 aliphatic heterocycles. The highest BCUT2D eigenvalue weighted by Gasteiger charge is 2.20. The second-order valence-corrected chi connectivity index (χ2v) is 6.27. The van der Waals surface area contributed by atoms with Crippen LogP contribution in [0.3, 0.4) is 0 Å². The van der Waals surface area contributed by atoms with E-state index in [0.29, 0.717) is 17.5 Å². The van der Waals surface area contributed by atoms with Crippen molar-refractivity contribution in [2.24, 2.45) is 0 Å². The van der Waals surface area contributed by atoms with E-state index in [1.54, 1.807) is 0 Å². The number of unbranched alkanes of at least 4 members (excludes halogenated alkanes) is 2. The molecule has 0 saturated heterocycles. The topological polar surface area (TPSA) is 52.3 Å². The lowest BCUT2D eigenvalue weighted by molar-refractivity contribution is 0.212. The summed E-state index contributed by atoms with van der Waals surface area (Å²) >= 11 is 0. The molecule has 0 bridgehead atoms. The highest BCUT2D eigenvalue weighted by atomic mass is 16.6. The zero-order valence-electron chi connectivity index (χ0n) is 13.2. The molecule has 0 N–H and O–H groups in total. The molecule has 2 rings (SSSR count). The van der Waals surface area contributed by atoms with E-state index < -0.39 is 0 Å². The lowest BCUT2D eigenvalue weighted by Crippen LogP contribution is -2.16. The third-order valence-corrected chi connectivity index (χ3v) is 3.42. The Balaban J connectivity index is 2.37. The molecule has 0 saturated carbocycles. The van der Waals surface area contributed by atoms with Gasteiger partial charge in [0.05, 0.1) is 17.5 Å². The van der Waals surface area contributed by atoms with Crippen molar-refractivity contribution in [3.8, 4) is 6.08 Å². The highest BCUT2D eigenvalue weighted by molar-refractivity contribution is 5.82. The molecule has 1 aromatic carbocycles. The molecule has 0 amide bonds. The molecule has 0 fully saturated rings. The lowest BCUT2D eigenvalue weighted by atomic mass is 9.85. The van der Waals surface area contributed by atoms with Crippen molar-refractivity contribution in [3.05, 3.63) is 34.2 Å². The predicted molar refractivity (Wildman–Crippen MR) is 84.0 cm³/mol. The first-order valence-electron chi connectivity index (χ1n) is 7.50. The van der Waals surface area contributed by atoms with Crippen molar-refractivity contribution in [1.82, 2.24) is 4.98 Å². The largest absolute Gasteiger partial charge is 0.450 e. The van der Waals surface area contributed by atoms with E-state index in [-0.39, 0.29) is 17.1 Å². The van der Waals surface area contributed by atoms with Crippen LogP contribution in [0.2, 0.25) is 0 Å². The van der Waals surface area contributed by atoms with Gasteiger partial charge in [-0.25, -0.2) is 4.79 Å². The fourth-order valence-corrected chi connectivity index (χ4v) is 2.30. The van der Waals surface area contributed by atoms with Gasteiger partial charge in [-0.2, -0.15) is 4.98 Å². The van der Waals surface area contributed by atoms with Crippen LogP contribution in [0.1, 0.15) is 52.5 Å². The van der Waals surface area contributed by atoms with Gasteiger partial charge in [-0.05, 0) is 23.5 Å². The van der Waals surface area contributed by atoms with E-state index in [0.717, 1.165) is 24.8 Å². The van der Waals surface area contributed by atoms with Gasteiger partial charge in [-0.3, -0.25) is 0 Å². The fraction of sp³-hybridized carbons (Fsp3) is 0.529. The molecule has 0 aliphatic rings. The molecule has 0 spiro atoms. The Morgan fingerprint density at radius 2 is 2.00 bits per heavy atom. The molecule has 0 aliphatic carbocycles. The van der Waals surface area contributed by atoms with Gasteiger partial charge in [0, 0.05) is 0 Å². The van der Waals surface area contributed by atoms with Crippen LogP contribution in [0.15, 0.2) is 27.4 Å². The van der Waals surface area contributed by atoms with E-state index in [1.807, 2.05) is 18.2 Å². The van der Waals surface area contributed by atoms with Gasteiger partial charge >= 0.3 is 11.7 Å². The van der Waals surface area contributed by atoms with Crippen LogP contribution in [-0.4, -0.2) is 11.6 Å². The molecule has 1 heterocycles. The van der Waals surface area contributed by atoms with Crippen LogP contribution in [0, 0.1) is 0 Å². The summed E-state index contributed by atoms with van der Waals surface area (Å²) in [5.74, 6) is 0. The Labute approximate surface area is 125 Å². The Kier molecular flexibility index (Phi) is 4.66. The summed E-state index contributed by atoms with van der Waals surface area (Å²) in [5, 5.41) is 0.547. The molecule has 0 atom stereocenters. The Morgan fingerprint density at radius 3 is 2.67 bits per heavy atom. The van der Waals surface area contributed by atoms with E-state index in [4.69, 9.17) is 9.15 Å². The van der Waals surface area contributed by atoms with Gasteiger partial charge in [-0.1, -0.05) is 52.7 Å². The molecule has 1 aromatic heterocycles. The maximum Gasteiger partial charge on any atom is 0.397 e. The number of fused-ring (bicyclic) bond motifs is 1. The van der Waals surface area contributed by atoms with Gasteiger partial charge < -0.3 is 9.15 Å². The molecular formula is C17H23NO3. The quantitative estimate of drug-likeness (QED) is 0.779. The number of ether oxygens (including phenoxy) is 1. The normalized spacial score (nSPS) is 11.8. The number of hydrogen-bond donors (Lipinski definition) is 0. The van der Waals surface area contributed by atoms with Gasteiger partial charge in [0.15, 0.2) is 0 Å². The summed E-state index contributed by atoms with van der Waals surface area (Å²) in [4.78, 5) is 16.6. The summed E-state index contributed by atoms with van der Waals surface area (Å²) in [5.41, 5.74) is 1.05. The van der Waals surface area contributed by atoms with Crippen LogP contribution < -0.4 is 10.4 Å². The van der Waals surface area contributed by atoms with Crippen molar-refractivity contribution in [2.45, 2.75) is 52.4 Å². The fourth-order valence-electron chi connectivity index (χ4n) is 2.30. The molecule has 0 radical (unpaired) electrons. The molecular weight excluding hydrogens is 266 g/mol. The molecule has 4 nitrogen and oxygen atoms in total. The van der Waals surface area contributed by atoms with E-state index in [1.165, 1.54) is 0 Å². The first-order chi connectivity index (χ1) is 9.93. The lowest BCUT2D eigenvalue weighted by Gasteiger charge is -2.20. The number of nitrogens with zero attached hydrogens (tertiary/aromatic N) is 1. The molecule has 0 unspecified atom stereocenters. The molecule has 114 valence electrons. The first-order valence-corrected chi connectivity index (χ1v) is 7.50. The zero-order valence-corrected chi connectivity index (χ0v) is 13.2. The van der Waals surface area contributed by atoms with Gasteiger partial charge in [-0.15, -0.1) is 0 Å². The van der Waals surface area contributed by atoms with Crippen molar-refractivity contribution in [1.29, 1.82) is 0 Å². The van der Waals surface area contributed by atoms with Crippen LogP contribution in [0.5, 0.6) is 6.08 Å². The second kappa shape index (κ2) is 6.29. The number of aromatic nitrogens is 1. The summed E-state index contributed by atoms with van der Waals surface area (Å²) < 4.78 is 10.7. The maximum absolute atomic E-state index is 12.3. The minimum atomic E-state index is -0.379. The summed E-state index contributed by atoms with van der Waals surface area (Å²) in [6, 6.07) is 5.68.